The highest BCUT2D eigenvalue weighted by Crippen LogP contribution is 2.71. The molecule has 2 saturated carbocycles. The van der Waals surface area contributed by atoms with Crippen molar-refractivity contribution in [2.45, 2.75) is 71.7 Å². The molecule has 0 aliphatic heterocycles. The number of carbonyl (C=O) groups is 2. The van der Waals surface area contributed by atoms with E-state index in [1.807, 2.05) is 25.2 Å². The first kappa shape index (κ1) is 26.8. The molecule has 0 aromatic heterocycles. The van der Waals surface area contributed by atoms with Gasteiger partial charge in [0.2, 0.25) is 0 Å². The van der Waals surface area contributed by atoms with E-state index in [-0.39, 0.29) is 28.6 Å². The van der Waals surface area contributed by atoms with Gasteiger partial charge in [-0.2, -0.15) is 0 Å². The Morgan fingerprint density at radius 1 is 1.22 bits per heavy atom. The lowest BCUT2D eigenvalue weighted by molar-refractivity contribution is -0.201. The van der Waals surface area contributed by atoms with Crippen molar-refractivity contribution in [3.8, 4) is 0 Å². The van der Waals surface area contributed by atoms with Gasteiger partial charge < -0.3 is 20.1 Å². The van der Waals surface area contributed by atoms with Crippen molar-refractivity contribution in [3.05, 3.63) is 59.8 Å². The number of rotatable bonds is 7. The van der Waals surface area contributed by atoms with Crippen LogP contribution in [0.4, 0.5) is 0 Å². The fourth-order valence-corrected chi connectivity index (χ4v) is 7.35. The van der Waals surface area contributed by atoms with Gasteiger partial charge in [0.15, 0.2) is 17.5 Å². The average molecular weight is 497 g/mol. The lowest BCUT2D eigenvalue weighted by Gasteiger charge is -2.48. The topological polar surface area (TPSA) is 104 Å². The van der Waals surface area contributed by atoms with Gasteiger partial charge >= 0.3 is 5.97 Å². The molecule has 36 heavy (non-hydrogen) atoms. The molecular formula is C30H40O6. The Bertz CT molecular complexity index is 1060. The second-order valence-electron chi connectivity index (χ2n) is 11.6. The highest BCUT2D eigenvalue weighted by Gasteiger charge is 2.76. The van der Waals surface area contributed by atoms with Crippen LogP contribution in [-0.4, -0.2) is 51.5 Å². The van der Waals surface area contributed by atoms with Gasteiger partial charge in [0, 0.05) is 12.0 Å². The van der Waals surface area contributed by atoms with Crippen molar-refractivity contribution in [1.82, 2.24) is 0 Å². The second kappa shape index (κ2) is 9.55. The molecule has 4 aliphatic carbocycles. The molecular weight excluding hydrogens is 456 g/mol. The summed E-state index contributed by atoms with van der Waals surface area (Å²) in [6, 6.07) is 0. The number of ether oxygens (including phenoxy) is 1. The fraction of sp³-hybridized carbons (Fsp3) is 0.600. The number of esters is 1. The quantitative estimate of drug-likeness (QED) is 0.214. The molecule has 0 heterocycles. The molecule has 6 heteroatoms. The Labute approximate surface area is 214 Å². The van der Waals surface area contributed by atoms with Crippen LogP contribution in [0.25, 0.3) is 0 Å². The summed E-state index contributed by atoms with van der Waals surface area (Å²) in [6.45, 7) is 9.58. The van der Waals surface area contributed by atoms with E-state index < -0.39 is 41.7 Å². The minimum Gasteiger partial charge on any atom is -0.451 e. The average Bonchev–Trinajstić information content (AvgIpc) is 3.32. The first-order valence-electron chi connectivity index (χ1n) is 13.1. The molecule has 0 amide bonds. The summed E-state index contributed by atoms with van der Waals surface area (Å²) in [4.78, 5) is 27.0. The van der Waals surface area contributed by atoms with Crippen molar-refractivity contribution >= 4 is 11.8 Å². The Kier molecular flexibility index (Phi) is 7.10. The van der Waals surface area contributed by atoms with E-state index in [0.29, 0.717) is 11.5 Å². The molecule has 196 valence electrons. The minimum atomic E-state index is -2.11. The largest absolute Gasteiger partial charge is 0.451 e. The number of carbonyl (C=O) groups excluding carboxylic acids is 2. The minimum absolute atomic E-state index is 0.0338. The summed E-state index contributed by atoms with van der Waals surface area (Å²) in [5.41, 5.74) is -2.83. The van der Waals surface area contributed by atoms with E-state index in [9.17, 15) is 24.9 Å². The Hall–Kier alpha value is -2.28. The third-order valence-corrected chi connectivity index (χ3v) is 9.29. The predicted molar refractivity (Wildman–Crippen MR) is 138 cm³/mol. The van der Waals surface area contributed by atoms with Gasteiger partial charge in [-0.05, 0) is 54.1 Å². The molecule has 6 nitrogen and oxygen atoms in total. The van der Waals surface area contributed by atoms with E-state index in [0.717, 1.165) is 19.3 Å². The van der Waals surface area contributed by atoms with Crippen molar-refractivity contribution < 1.29 is 29.6 Å². The van der Waals surface area contributed by atoms with E-state index in [1.165, 1.54) is 6.08 Å². The van der Waals surface area contributed by atoms with Gasteiger partial charge in [-0.3, -0.25) is 4.79 Å². The summed E-state index contributed by atoms with van der Waals surface area (Å²) in [6.07, 6.45) is 13.7. The molecule has 1 spiro atoms. The smallest absolute Gasteiger partial charge is 0.331 e. The van der Waals surface area contributed by atoms with Crippen LogP contribution in [0.2, 0.25) is 0 Å². The number of allylic oxidation sites excluding steroid dienone is 6. The number of ketones is 1. The Morgan fingerprint density at radius 3 is 2.58 bits per heavy atom. The summed E-state index contributed by atoms with van der Waals surface area (Å²) in [5.74, 6) is -1.27. The molecule has 0 saturated heterocycles. The van der Waals surface area contributed by atoms with Crippen LogP contribution in [0.1, 0.15) is 53.9 Å². The van der Waals surface area contributed by atoms with Crippen LogP contribution in [0, 0.1) is 34.5 Å². The summed E-state index contributed by atoms with van der Waals surface area (Å²) < 4.78 is 5.75. The van der Waals surface area contributed by atoms with E-state index in [1.54, 1.807) is 31.2 Å². The molecule has 3 N–H and O–H groups in total. The van der Waals surface area contributed by atoms with Crippen LogP contribution < -0.4 is 0 Å². The van der Waals surface area contributed by atoms with Crippen LogP contribution in [0.3, 0.4) is 0 Å². The van der Waals surface area contributed by atoms with Gasteiger partial charge in [0.25, 0.3) is 0 Å². The number of unbranched alkanes of at least 4 members (excludes halogenated alkanes) is 1. The maximum atomic E-state index is 14.3. The maximum Gasteiger partial charge on any atom is 0.331 e. The van der Waals surface area contributed by atoms with Crippen molar-refractivity contribution in [2.75, 3.05) is 6.61 Å². The van der Waals surface area contributed by atoms with Gasteiger partial charge in [0.05, 0.1) is 12.0 Å². The number of hydrogen-bond acceptors (Lipinski definition) is 6. The molecule has 0 aromatic carbocycles. The van der Waals surface area contributed by atoms with Crippen molar-refractivity contribution in [1.29, 1.82) is 0 Å². The first-order valence-corrected chi connectivity index (χ1v) is 13.1. The number of fused-ring (bicyclic) bond motifs is 3. The maximum absolute atomic E-state index is 14.3. The highest BCUT2D eigenvalue weighted by molar-refractivity contribution is 5.95. The van der Waals surface area contributed by atoms with E-state index in [4.69, 9.17) is 4.74 Å². The van der Waals surface area contributed by atoms with Gasteiger partial charge in [-0.25, -0.2) is 4.79 Å². The Morgan fingerprint density at radius 2 is 1.92 bits per heavy atom. The first-order chi connectivity index (χ1) is 17.0. The van der Waals surface area contributed by atoms with Crippen molar-refractivity contribution in [3.63, 3.8) is 0 Å². The van der Waals surface area contributed by atoms with E-state index in [2.05, 4.69) is 20.8 Å². The van der Waals surface area contributed by atoms with Gasteiger partial charge in [-0.1, -0.05) is 76.6 Å². The summed E-state index contributed by atoms with van der Waals surface area (Å²) in [5, 5.41) is 34.0. The molecule has 0 unspecified atom stereocenters. The van der Waals surface area contributed by atoms with Crippen LogP contribution >= 0.6 is 0 Å². The van der Waals surface area contributed by atoms with Crippen LogP contribution in [0.5, 0.6) is 0 Å². The normalized spacial score (nSPS) is 41.1. The number of aliphatic hydroxyl groups is 3. The molecule has 2 fully saturated rings. The SMILES string of the molecule is CCC\C=C/C=C\C=C\C(=O)O[C@H]1C(C)=C[C@]23C(=O)[C@@H](C=C(CO)[C@@H](O)[C@]12O)[C@@H]1[C@H](C[C@H]3C)C1(C)C. The third-order valence-electron chi connectivity index (χ3n) is 9.29. The molecule has 0 aromatic rings. The molecule has 0 radical (unpaired) electrons. The standard InChI is InChI=1S/C30H40O6/c1-6-7-8-9-10-11-12-13-23(32)36-27-18(2)16-29-19(3)14-22-24(28(22,4)5)21(26(29)34)15-20(17-31)25(33)30(27,29)35/h8-13,15-16,19,21-22,24-25,27,31,33,35H,6-7,14,17H2,1-5H3/b9-8-,11-10-,13-12+/t19-,21+,22+,24-,25-,27+,29+,30+/m1/s1. The third kappa shape index (κ3) is 3.80. The molecule has 2 bridgehead atoms. The Balaban J connectivity index is 1.68. The summed E-state index contributed by atoms with van der Waals surface area (Å²) in [7, 11) is 0. The molecule has 4 rings (SSSR count). The monoisotopic (exact) mass is 496 g/mol. The van der Waals surface area contributed by atoms with Crippen LogP contribution in [0.15, 0.2) is 59.8 Å². The lowest BCUT2D eigenvalue weighted by atomic mass is 9.59. The summed E-state index contributed by atoms with van der Waals surface area (Å²) >= 11 is 0. The van der Waals surface area contributed by atoms with Crippen molar-refractivity contribution in [2.24, 2.45) is 34.5 Å². The lowest BCUT2D eigenvalue weighted by Crippen LogP contribution is -2.65. The molecule has 8 atom stereocenters. The molecule has 4 aliphatic rings. The van der Waals surface area contributed by atoms with E-state index >= 15 is 0 Å². The highest BCUT2D eigenvalue weighted by atomic mass is 16.6. The number of aliphatic hydroxyl groups excluding tert-OH is 2. The predicted octanol–water partition coefficient (Wildman–Crippen LogP) is 3.83. The van der Waals surface area contributed by atoms with Crippen LogP contribution in [-0.2, 0) is 14.3 Å². The zero-order chi connectivity index (χ0) is 26.5. The van der Waals surface area contributed by atoms with Gasteiger partial charge in [0.1, 0.15) is 6.10 Å². The fourth-order valence-electron chi connectivity index (χ4n) is 7.35. The van der Waals surface area contributed by atoms with Gasteiger partial charge in [-0.15, -0.1) is 0 Å². The second-order valence-corrected chi connectivity index (χ2v) is 11.6. The number of Topliss-reactive ketones (excluding diaryl/α,β-unsaturated/α-hetero) is 1. The number of hydrogen-bond donors (Lipinski definition) is 3. The zero-order valence-electron chi connectivity index (χ0n) is 22.0. The zero-order valence-corrected chi connectivity index (χ0v) is 22.0.